The summed E-state index contributed by atoms with van der Waals surface area (Å²) in [5.41, 5.74) is 0. The van der Waals surface area contributed by atoms with Gasteiger partial charge in [0.15, 0.2) is 0 Å². The molecule has 30 heavy (non-hydrogen) atoms. The van der Waals surface area contributed by atoms with Gasteiger partial charge >= 0.3 is 0 Å². The van der Waals surface area contributed by atoms with Crippen LogP contribution in [0.3, 0.4) is 0 Å². The van der Waals surface area contributed by atoms with Gasteiger partial charge in [0.2, 0.25) is 0 Å². The lowest BCUT2D eigenvalue weighted by Gasteiger charge is -2.38. The van der Waals surface area contributed by atoms with Crippen LogP contribution in [0.5, 0.6) is 0 Å². The molecule has 0 saturated heterocycles. The third kappa shape index (κ3) is 7.51. The monoisotopic (exact) mass is 416 g/mol. The minimum atomic E-state index is 0.836. The lowest BCUT2D eigenvalue weighted by molar-refractivity contribution is 0.160. The standard InChI is InChI=1S/C28H52N2/c1-3-7-23(8-4-1)19-21-29-27-15-11-25(12-16-27)26-13-17-28(18-14-26)30-22-20-24-9-5-2-6-10-24/h23-30H,1-22H2. The van der Waals surface area contributed by atoms with E-state index in [1.54, 1.807) is 0 Å². The van der Waals surface area contributed by atoms with Crippen LogP contribution in [0.15, 0.2) is 0 Å². The summed E-state index contributed by atoms with van der Waals surface area (Å²) in [7, 11) is 0. The third-order valence-electron chi connectivity index (χ3n) is 9.63. The van der Waals surface area contributed by atoms with Crippen molar-refractivity contribution in [2.24, 2.45) is 23.7 Å². The van der Waals surface area contributed by atoms with Crippen LogP contribution in [0.2, 0.25) is 0 Å². The minimum Gasteiger partial charge on any atom is -0.314 e. The molecule has 4 rings (SSSR count). The van der Waals surface area contributed by atoms with Crippen molar-refractivity contribution >= 4 is 0 Å². The van der Waals surface area contributed by atoms with Crippen molar-refractivity contribution < 1.29 is 0 Å². The summed E-state index contributed by atoms with van der Waals surface area (Å²) in [4.78, 5) is 0. The molecule has 4 saturated carbocycles. The fourth-order valence-corrected chi connectivity index (χ4v) is 7.52. The van der Waals surface area contributed by atoms with Gasteiger partial charge in [-0.3, -0.25) is 0 Å². The first-order valence-corrected chi connectivity index (χ1v) is 14.3. The highest BCUT2D eigenvalue weighted by molar-refractivity contribution is 4.86. The maximum Gasteiger partial charge on any atom is 0.00672 e. The Morgan fingerprint density at radius 3 is 1.13 bits per heavy atom. The molecule has 0 aliphatic heterocycles. The van der Waals surface area contributed by atoms with Crippen LogP contribution >= 0.6 is 0 Å². The van der Waals surface area contributed by atoms with Gasteiger partial charge in [-0.15, -0.1) is 0 Å². The van der Waals surface area contributed by atoms with Gasteiger partial charge in [0.1, 0.15) is 0 Å². The highest BCUT2D eigenvalue weighted by atomic mass is 14.9. The Labute approximate surface area is 188 Å². The summed E-state index contributed by atoms with van der Waals surface area (Å²) in [6.45, 7) is 2.58. The molecule has 174 valence electrons. The van der Waals surface area contributed by atoms with E-state index < -0.39 is 0 Å². The number of hydrogen-bond acceptors (Lipinski definition) is 2. The molecule has 0 aromatic carbocycles. The summed E-state index contributed by atoms with van der Waals surface area (Å²) >= 11 is 0. The highest BCUT2D eigenvalue weighted by Gasteiger charge is 2.30. The van der Waals surface area contributed by atoms with Gasteiger partial charge in [-0.25, -0.2) is 0 Å². The molecule has 0 amide bonds. The van der Waals surface area contributed by atoms with Crippen LogP contribution in [0.25, 0.3) is 0 Å². The average Bonchev–Trinajstić information content (AvgIpc) is 2.82. The zero-order valence-electron chi connectivity index (χ0n) is 20.0. The average molecular weight is 417 g/mol. The summed E-state index contributed by atoms with van der Waals surface area (Å²) < 4.78 is 0. The van der Waals surface area contributed by atoms with Crippen molar-refractivity contribution in [2.45, 2.75) is 141 Å². The second-order valence-corrected chi connectivity index (χ2v) is 11.7. The van der Waals surface area contributed by atoms with Gasteiger partial charge in [0.25, 0.3) is 0 Å². The van der Waals surface area contributed by atoms with E-state index in [1.807, 2.05) is 0 Å². The van der Waals surface area contributed by atoms with Gasteiger partial charge in [0.05, 0.1) is 0 Å². The Bertz CT molecular complexity index is 394. The van der Waals surface area contributed by atoms with Crippen molar-refractivity contribution in [1.82, 2.24) is 10.6 Å². The molecule has 0 unspecified atom stereocenters. The van der Waals surface area contributed by atoms with E-state index in [2.05, 4.69) is 10.6 Å². The number of hydrogen-bond donors (Lipinski definition) is 2. The fourth-order valence-electron chi connectivity index (χ4n) is 7.52. The normalized spacial score (nSPS) is 34.8. The molecule has 2 heteroatoms. The van der Waals surface area contributed by atoms with E-state index in [-0.39, 0.29) is 0 Å². The third-order valence-corrected chi connectivity index (χ3v) is 9.63. The highest BCUT2D eigenvalue weighted by Crippen LogP contribution is 2.38. The minimum absolute atomic E-state index is 0.836. The lowest BCUT2D eigenvalue weighted by atomic mass is 9.71. The molecule has 0 atom stereocenters. The summed E-state index contributed by atoms with van der Waals surface area (Å²) in [6, 6.07) is 1.67. The molecular formula is C28H52N2. The topological polar surface area (TPSA) is 24.1 Å². The van der Waals surface area contributed by atoms with Crippen LogP contribution in [-0.2, 0) is 0 Å². The zero-order valence-corrected chi connectivity index (χ0v) is 20.0. The second kappa shape index (κ2) is 12.8. The molecule has 0 heterocycles. The number of rotatable bonds is 9. The van der Waals surface area contributed by atoms with Crippen molar-refractivity contribution in [3.05, 3.63) is 0 Å². The van der Waals surface area contributed by atoms with Crippen LogP contribution in [0.1, 0.15) is 128 Å². The van der Waals surface area contributed by atoms with Gasteiger partial charge in [-0.05, 0) is 101 Å². The van der Waals surface area contributed by atoms with E-state index >= 15 is 0 Å². The molecule has 2 nitrogen and oxygen atoms in total. The lowest BCUT2D eigenvalue weighted by Crippen LogP contribution is -2.39. The molecule has 0 spiro atoms. The Balaban J connectivity index is 1.03. The van der Waals surface area contributed by atoms with Crippen LogP contribution < -0.4 is 10.6 Å². The van der Waals surface area contributed by atoms with E-state index in [4.69, 9.17) is 0 Å². The van der Waals surface area contributed by atoms with Gasteiger partial charge < -0.3 is 10.6 Å². The van der Waals surface area contributed by atoms with Gasteiger partial charge in [-0.2, -0.15) is 0 Å². The smallest absolute Gasteiger partial charge is 0.00672 e. The molecule has 2 N–H and O–H groups in total. The van der Waals surface area contributed by atoms with Crippen LogP contribution in [0.4, 0.5) is 0 Å². The van der Waals surface area contributed by atoms with Crippen molar-refractivity contribution in [3.8, 4) is 0 Å². The van der Waals surface area contributed by atoms with E-state index in [1.165, 1.54) is 142 Å². The summed E-state index contributed by atoms with van der Waals surface area (Å²) in [5.74, 6) is 4.16. The molecule has 0 aromatic rings. The zero-order chi connectivity index (χ0) is 20.4. The maximum atomic E-state index is 3.94. The van der Waals surface area contributed by atoms with E-state index in [0.29, 0.717) is 0 Å². The second-order valence-electron chi connectivity index (χ2n) is 11.7. The van der Waals surface area contributed by atoms with E-state index in [9.17, 15) is 0 Å². The molecule has 0 bridgehead atoms. The quantitative estimate of drug-likeness (QED) is 0.414. The Morgan fingerprint density at radius 1 is 0.400 bits per heavy atom. The molecule has 4 aliphatic rings. The number of nitrogens with one attached hydrogen (secondary N) is 2. The molecule has 0 radical (unpaired) electrons. The predicted molar refractivity (Wildman–Crippen MR) is 130 cm³/mol. The Morgan fingerprint density at radius 2 is 0.767 bits per heavy atom. The maximum absolute atomic E-state index is 3.94. The first-order chi connectivity index (χ1) is 14.9. The Kier molecular flexibility index (Phi) is 9.87. The van der Waals surface area contributed by atoms with Gasteiger partial charge in [-0.1, -0.05) is 64.2 Å². The van der Waals surface area contributed by atoms with Crippen molar-refractivity contribution in [1.29, 1.82) is 0 Å². The first-order valence-electron chi connectivity index (χ1n) is 14.3. The van der Waals surface area contributed by atoms with Crippen molar-refractivity contribution in [3.63, 3.8) is 0 Å². The molecular weight excluding hydrogens is 364 g/mol. The SMILES string of the molecule is C1CCC(CCNC2CCC(C3CCC(NCCC4CCCCC4)CC3)CC2)CC1. The first kappa shape index (κ1) is 23.1. The summed E-state index contributed by atoms with van der Waals surface area (Å²) in [5, 5.41) is 7.88. The predicted octanol–water partition coefficient (Wildman–Crippen LogP) is 7.22. The molecule has 0 aromatic heterocycles. The molecule has 4 fully saturated rings. The van der Waals surface area contributed by atoms with Crippen LogP contribution in [0, 0.1) is 23.7 Å². The van der Waals surface area contributed by atoms with Gasteiger partial charge in [0, 0.05) is 12.1 Å². The Hall–Kier alpha value is -0.0800. The fraction of sp³-hybridized carbons (Fsp3) is 1.00. The largest absolute Gasteiger partial charge is 0.314 e. The summed E-state index contributed by atoms with van der Waals surface area (Å²) in [6.07, 6.45) is 29.7. The molecule has 4 aliphatic carbocycles. The van der Waals surface area contributed by atoms with E-state index in [0.717, 1.165) is 35.8 Å². The van der Waals surface area contributed by atoms with Crippen LogP contribution in [-0.4, -0.2) is 25.2 Å². The van der Waals surface area contributed by atoms with Crippen molar-refractivity contribution in [2.75, 3.05) is 13.1 Å².